The number of ether oxygens (including phenoxy) is 1. The van der Waals surface area contributed by atoms with Gasteiger partial charge in [-0.05, 0) is 25.1 Å². The van der Waals surface area contributed by atoms with E-state index in [1.807, 2.05) is 17.7 Å². The second kappa shape index (κ2) is 5.89. The molecule has 5 heteroatoms. The van der Waals surface area contributed by atoms with Crippen molar-refractivity contribution >= 4 is 11.6 Å². The largest absolute Gasteiger partial charge is 0.491 e. The monoisotopic (exact) mass is 266 g/mol. The Hall–Kier alpha value is -1.52. The molecule has 96 valence electrons. The highest BCUT2D eigenvalue weighted by Gasteiger charge is 2.04. The lowest BCUT2D eigenvalue weighted by Gasteiger charge is -2.11. The quantitative estimate of drug-likeness (QED) is 0.904. The topological polar surface area (TPSA) is 47.3 Å². The SMILES string of the molecule is Cc1nccn1CCOc1ccc(Cl)cc1CO. The Morgan fingerprint density at radius 3 is 2.94 bits per heavy atom. The molecule has 0 bridgehead atoms. The molecule has 0 saturated carbocycles. The molecular weight excluding hydrogens is 252 g/mol. The molecule has 18 heavy (non-hydrogen) atoms. The highest BCUT2D eigenvalue weighted by molar-refractivity contribution is 6.30. The molecule has 0 aliphatic heterocycles. The van der Waals surface area contributed by atoms with Crippen LogP contribution in [0.1, 0.15) is 11.4 Å². The fourth-order valence-electron chi connectivity index (χ4n) is 1.71. The molecule has 0 spiro atoms. The zero-order valence-electron chi connectivity index (χ0n) is 10.1. The van der Waals surface area contributed by atoms with Gasteiger partial charge in [-0.2, -0.15) is 0 Å². The summed E-state index contributed by atoms with van der Waals surface area (Å²) in [5, 5.41) is 9.81. The third-order valence-electron chi connectivity index (χ3n) is 2.71. The maximum Gasteiger partial charge on any atom is 0.125 e. The highest BCUT2D eigenvalue weighted by atomic mass is 35.5. The van der Waals surface area contributed by atoms with Gasteiger partial charge in [0.2, 0.25) is 0 Å². The lowest BCUT2D eigenvalue weighted by molar-refractivity contribution is 0.257. The number of aromatic nitrogens is 2. The van der Waals surface area contributed by atoms with Gasteiger partial charge in [-0.15, -0.1) is 0 Å². The van der Waals surface area contributed by atoms with Gasteiger partial charge in [-0.25, -0.2) is 4.98 Å². The molecule has 0 fully saturated rings. The van der Waals surface area contributed by atoms with Crippen molar-refractivity contribution < 1.29 is 9.84 Å². The van der Waals surface area contributed by atoms with Gasteiger partial charge < -0.3 is 14.4 Å². The minimum absolute atomic E-state index is 0.0833. The summed E-state index contributed by atoms with van der Waals surface area (Å²) in [6.45, 7) is 3.10. The Morgan fingerprint density at radius 1 is 1.44 bits per heavy atom. The molecular formula is C13H15ClN2O2. The van der Waals surface area contributed by atoms with Crippen LogP contribution in [0.4, 0.5) is 0 Å². The molecule has 0 radical (unpaired) electrons. The zero-order valence-corrected chi connectivity index (χ0v) is 10.9. The van der Waals surface area contributed by atoms with Crippen LogP contribution in [-0.2, 0) is 13.2 Å². The van der Waals surface area contributed by atoms with Crippen LogP contribution in [0.15, 0.2) is 30.6 Å². The summed E-state index contributed by atoms with van der Waals surface area (Å²) >= 11 is 5.85. The van der Waals surface area contributed by atoms with E-state index in [4.69, 9.17) is 16.3 Å². The number of hydrogen-bond donors (Lipinski definition) is 1. The van der Waals surface area contributed by atoms with Gasteiger partial charge in [0.1, 0.15) is 18.2 Å². The smallest absolute Gasteiger partial charge is 0.125 e. The predicted octanol–water partition coefficient (Wildman–Crippen LogP) is 2.42. The van der Waals surface area contributed by atoms with Crippen LogP contribution in [0.5, 0.6) is 5.75 Å². The number of halogens is 1. The predicted molar refractivity (Wildman–Crippen MR) is 69.8 cm³/mol. The number of rotatable bonds is 5. The van der Waals surface area contributed by atoms with Gasteiger partial charge in [0.25, 0.3) is 0 Å². The van der Waals surface area contributed by atoms with Gasteiger partial charge in [-0.1, -0.05) is 11.6 Å². The van der Waals surface area contributed by atoms with Crippen LogP contribution < -0.4 is 4.74 Å². The fraction of sp³-hybridized carbons (Fsp3) is 0.308. The maximum atomic E-state index is 9.22. The molecule has 1 aromatic heterocycles. The number of benzene rings is 1. The van der Waals surface area contributed by atoms with E-state index in [0.717, 1.165) is 12.4 Å². The fourth-order valence-corrected chi connectivity index (χ4v) is 1.90. The van der Waals surface area contributed by atoms with Crippen molar-refractivity contribution in [2.75, 3.05) is 6.61 Å². The summed E-state index contributed by atoms with van der Waals surface area (Å²) in [5.41, 5.74) is 0.699. The van der Waals surface area contributed by atoms with Crippen LogP contribution in [0.2, 0.25) is 5.02 Å². The molecule has 2 rings (SSSR count). The Labute approximate surface area is 111 Å². The number of aryl methyl sites for hydroxylation is 1. The number of hydrogen-bond acceptors (Lipinski definition) is 3. The summed E-state index contributed by atoms with van der Waals surface area (Å²) in [4.78, 5) is 4.14. The van der Waals surface area contributed by atoms with Crippen LogP contribution >= 0.6 is 11.6 Å². The number of aliphatic hydroxyl groups is 1. The lowest BCUT2D eigenvalue weighted by atomic mass is 10.2. The molecule has 1 N–H and O–H groups in total. The first kappa shape index (κ1) is 12.9. The van der Waals surface area contributed by atoms with Crippen LogP contribution in [0, 0.1) is 6.92 Å². The van der Waals surface area contributed by atoms with Crippen LogP contribution in [0.3, 0.4) is 0 Å². The minimum atomic E-state index is -0.0833. The molecule has 0 saturated heterocycles. The number of imidazole rings is 1. The van der Waals surface area contributed by atoms with E-state index in [1.165, 1.54) is 0 Å². The van der Waals surface area contributed by atoms with Crippen LogP contribution in [0.25, 0.3) is 0 Å². The van der Waals surface area contributed by atoms with Gasteiger partial charge in [0.05, 0.1) is 13.2 Å². The van der Waals surface area contributed by atoms with Gasteiger partial charge in [0.15, 0.2) is 0 Å². The third kappa shape index (κ3) is 3.03. The van der Waals surface area contributed by atoms with Gasteiger partial charge >= 0.3 is 0 Å². The van der Waals surface area contributed by atoms with Gasteiger partial charge in [0, 0.05) is 23.0 Å². The van der Waals surface area contributed by atoms with E-state index in [1.54, 1.807) is 24.4 Å². The Kier molecular flexibility index (Phi) is 4.23. The van der Waals surface area contributed by atoms with E-state index in [-0.39, 0.29) is 6.61 Å². The first-order valence-electron chi connectivity index (χ1n) is 5.70. The molecule has 0 aliphatic carbocycles. The van der Waals surface area contributed by atoms with Crippen molar-refractivity contribution in [1.82, 2.24) is 9.55 Å². The van der Waals surface area contributed by atoms with Crippen molar-refractivity contribution in [1.29, 1.82) is 0 Å². The van der Waals surface area contributed by atoms with Crippen LogP contribution in [-0.4, -0.2) is 21.3 Å². The summed E-state index contributed by atoms with van der Waals surface area (Å²) in [6.07, 6.45) is 3.67. The number of nitrogens with zero attached hydrogens (tertiary/aromatic N) is 2. The molecule has 0 amide bonds. The van der Waals surface area contributed by atoms with Crippen molar-refractivity contribution in [3.05, 3.63) is 47.0 Å². The summed E-state index contributed by atoms with van der Waals surface area (Å²) in [5.74, 6) is 1.62. The molecule has 2 aromatic rings. The summed E-state index contributed by atoms with van der Waals surface area (Å²) in [6, 6.07) is 5.23. The number of aliphatic hydroxyl groups excluding tert-OH is 1. The van der Waals surface area contributed by atoms with E-state index in [2.05, 4.69) is 4.98 Å². The van der Waals surface area contributed by atoms with E-state index >= 15 is 0 Å². The second-order valence-electron chi connectivity index (χ2n) is 3.93. The standard InChI is InChI=1S/C13H15ClN2O2/c1-10-15-4-5-16(10)6-7-18-13-3-2-12(14)8-11(13)9-17/h2-5,8,17H,6-7,9H2,1H3. The maximum absolute atomic E-state index is 9.22. The van der Waals surface area contributed by atoms with Crippen molar-refractivity contribution in [2.45, 2.75) is 20.1 Å². The normalized spacial score (nSPS) is 10.6. The first-order valence-corrected chi connectivity index (χ1v) is 6.08. The third-order valence-corrected chi connectivity index (χ3v) is 2.94. The van der Waals surface area contributed by atoms with E-state index < -0.39 is 0 Å². The van der Waals surface area contributed by atoms with Gasteiger partial charge in [-0.3, -0.25) is 0 Å². The van der Waals surface area contributed by atoms with Crippen molar-refractivity contribution in [3.8, 4) is 5.75 Å². The lowest BCUT2D eigenvalue weighted by Crippen LogP contribution is -2.09. The Balaban J connectivity index is 1.96. The molecule has 1 heterocycles. The van der Waals surface area contributed by atoms with Crippen molar-refractivity contribution in [2.24, 2.45) is 0 Å². The molecule has 0 atom stereocenters. The summed E-state index contributed by atoms with van der Waals surface area (Å²) in [7, 11) is 0. The Morgan fingerprint density at radius 2 is 2.28 bits per heavy atom. The highest BCUT2D eigenvalue weighted by Crippen LogP contribution is 2.22. The van der Waals surface area contributed by atoms with E-state index in [9.17, 15) is 5.11 Å². The Bertz CT molecular complexity index is 525. The first-order chi connectivity index (χ1) is 8.70. The molecule has 4 nitrogen and oxygen atoms in total. The average Bonchev–Trinajstić information content (AvgIpc) is 2.77. The molecule has 0 unspecified atom stereocenters. The zero-order chi connectivity index (χ0) is 13.0. The molecule has 0 aliphatic rings. The van der Waals surface area contributed by atoms with E-state index in [0.29, 0.717) is 22.9 Å². The summed E-state index contributed by atoms with van der Waals surface area (Å²) < 4.78 is 7.65. The average molecular weight is 267 g/mol. The van der Waals surface area contributed by atoms with Crippen molar-refractivity contribution in [3.63, 3.8) is 0 Å². The second-order valence-corrected chi connectivity index (χ2v) is 4.36. The minimum Gasteiger partial charge on any atom is -0.491 e. The molecule has 1 aromatic carbocycles.